The number of aromatic amines is 1. The van der Waals surface area contributed by atoms with Gasteiger partial charge in [0.2, 0.25) is 5.95 Å². The molecule has 0 spiro atoms. The molecular formula is C17H18N6O7P+. The molecule has 2 saturated heterocycles. The molecule has 2 fully saturated rings. The predicted octanol–water partition coefficient (Wildman–Crippen LogP) is 0.331. The van der Waals surface area contributed by atoms with Gasteiger partial charge in [-0.1, -0.05) is 12.1 Å². The van der Waals surface area contributed by atoms with Crippen LogP contribution in [0, 0.1) is 0 Å². The molecule has 0 aliphatic carbocycles. The summed E-state index contributed by atoms with van der Waals surface area (Å²) in [6, 6.07) is 7.01. The van der Waals surface area contributed by atoms with Gasteiger partial charge in [0.15, 0.2) is 23.7 Å². The van der Waals surface area contributed by atoms with Crippen molar-refractivity contribution in [2.45, 2.75) is 30.8 Å². The summed E-state index contributed by atoms with van der Waals surface area (Å²) in [5, 5.41) is 0. The van der Waals surface area contributed by atoms with Crippen LogP contribution in [0.1, 0.15) is 18.1 Å². The van der Waals surface area contributed by atoms with Crippen molar-refractivity contribution in [2.75, 3.05) is 18.1 Å². The van der Waals surface area contributed by atoms with Gasteiger partial charge in [0, 0.05) is 15.8 Å². The van der Waals surface area contributed by atoms with Crippen LogP contribution in [-0.2, 0) is 23.3 Å². The highest BCUT2D eigenvalue weighted by Crippen LogP contribution is 2.45. The quantitative estimate of drug-likeness (QED) is 0.310. The number of imidazole rings is 1. The van der Waals surface area contributed by atoms with Crippen LogP contribution >= 0.6 is 8.25 Å². The first-order valence-electron chi connectivity index (χ1n) is 9.24. The third-order valence-corrected chi connectivity index (χ3v) is 5.50. The fourth-order valence-electron chi connectivity index (χ4n) is 3.77. The van der Waals surface area contributed by atoms with Crippen LogP contribution in [0.5, 0.6) is 0 Å². The lowest BCUT2D eigenvalue weighted by Crippen LogP contribution is -2.31. The summed E-state index contributed by atoms with van der Waals surface area (Å²) >= 11 is 0. The number of hydrogen-bond acceptors (Lipinski definition) is 10. The molecule has 2 aliphatic rings. The number of fused-ring (bicyclic) bond motifs is 2. The van der Waals surface area contributed by atoms with Crippen LogP contribution in [0.25, 0.3) is 11.2 Å². The van der Waals surface area contributed by atoms with Crippen LogP contribution in [0.3, 0.4) is 0 Å². The maximum atomic E-state index is 12.1. The molecule has 5 rings (SSSR count). The third kappa shape index (κ3) is 3.57. The zero-order valence-corrected chi connectivity index (χ0v) is 16.7. The number of nitrogens with two attached hydrogens (primary N) is 2. The highest BCUT2D eigenvalue weighted by molar-refractivity contribution is 7.32. The number of H-pyrrole nitrogens is 1. The molecule has 0 radical (unpaired) electrons. The summed E-state index contributed by atoms with van der Waals surface area (Å²) in [6.45, 7) is -0.204. The maximum Gasteiger partial charge on any atom is 0.694 e. The minimum Gasteiger partial charge on any atom is -0.399 e. The molecule has 14 heteroatoms. The number of hydrogen-bond donors (Lipinski definition) is 4. The van der Waals surface area contributed by atoms with Crippen LogP contribution in [0.15, 0.2) is 35.4 Å². The molecule has 2 aliphatic heterocycles. The van der Waals surface area contributed by atoms with E-state index in [4.69, 9.17) is 35.1 Å². The summed E-state index contributed by atoms with van der Waals surface area (Å²) in [5.74, 6) is -0.0747. The number of aromatic nitrogens is 4. The van der Waals surface area contributed by atoms with E-state index < -0.39 is 44.6 Å². The normalized spacial score (nSPS) is 28.2. The second-order valence-corrected chi connectivity index (χ2v) is 7.81. The first-order chi connectivity index (χ1) is 14.9. The summed E-state index contributed by atoms with van der Waals surface area (Å²) in [5.41, 5.74) is 12.6. The molecule has 31 heavy (non-hydrogen) atoms. The smallest absolute Gasteiger partial charge is 0.399 e. The number of nitrogens with zero attached hydrogens (tertiary/aromatic N) is 3. The third-order valence-electron chi connectivity index (χ3n) is 5.13. The highest BCUT2D eigenvalue weighted by Gasteiger charge is 2.54. The van der Waals surface area contributed by atoms with E-state index in [-0.39, 0.29) is 23.7 Å². The molecule has 0 saturated carbocycles. The lowest BCUT2D eigenvalue weighted by atomic mass is 10.1. The van der Waals surface area contributed by atoms with Gasteiger partial charge in [0.05, 0.1) is 6.33 Å². The Labute approximate surface area is 174 Å². The molecule has 3 aromatic rings. The summed E-state index contributed by atoms with van der Waals surface area (Å²) in [4.78, 5) is 31.8. The zero-order chi connectivity index (χ0) is 21.7. The van der Waals surface area contributed by atoms with Crippen molar-refractivity contribution in [3.63, 3.8) is 0 Å². The largest absolute Gasteiger partial charge is 0.694 e. The monoisotopic (exact) mass is 449 g/mol. The average Bonchev–Trinajstić information content (AvgIpc) is 3.40. The van der Waals surface area contributed by atoms with Crippen molar-refractivity contribution >= 4 is 31.1 Å². The Morgan fingerprint density at radius 3 is 2.68 bits per heavy atom. The number of ether oxygens (including phenoxy) is 3. The highest BCUT2D eigenvalue weighted by atomic mass is 31.1. The van der Waals surface area contributed by atoms with Gasteiger partial charge in [-0.05, 0) is 12.1 Å². The Bertz CT molecular complexity index is 1200. The van der Waals surface area contributed by atoms with E-state index in [1.165, 1.54) is 10.9 Å². The molecular weight excluding hydrogens is 431 g/mol. The molecule has 0 bridgehead atoms. The molecule has 0 amide bonds. The molecule has 2 aromatic heterocycles. The van der Waals surface area contributed by atoms with E-state index in [1.807, 2.05) is 0 Å². The lowest BCUT2D eigenvalue weighted by Gasteiger charge is -2.20. The first-order valence-corrected chi connectivity index (χ1v) is 10.4. The van der Waals surface area contributed by atoms with E-state index in [0.29, 0.717) is 5.69 Å². The number of rotatable bonds is 5. The van der Waals surface area contributed by atoms with Crippen LogP contribution in [0.4, 0.5) is 11.6 Å². The number of anilines is 2. The van der Waals surface area contributed by atoms with Crippen molar-refractivity contribution in [3.8, 4) is 0 Å². The zero-order valence-electron chi connectivity index (χ0n) is 15.8. The van der Waals surface area contributed by atoms with Crippen LogP contribution in [-0.4, -0.2) is 49.3 Å². The van der Waals surface area contributed by atoms with Crippen LogP contribution < -0.4 is 17.0 Å². The predicted molar refractivity (Wildman–Crippen MR) is 106 cm³/mol. The minimum absolute atomic E-state index is 0.0747. The van der Waals surface area contributed by atoms with Crippen LogP contribution in [0.2, 0.25) is 0 Å². The van der Waals surface area contributed by atoms with Gasteiger partial charge >= 0.3 is 8.25 Å². The van der Waals surface area contributed by atoms with Gasteiger partial charge in [0.25, 0.3) is 5.56 Å². The summed E-state index contributed by atoms with van der Waals surface area (Å²) in [7, 11) is -2.82. The Hall–Kier alpha value is -2.93. The van der Waals surface area contributed by atoms with Gasteiger partial charge in [0.1, 0.15) is 24.9 Å². The molecule has 1 aromatic carbocycles. The maximum absolute atomic E-state index is 12.1. The molecule has 4 heterocycles. The Morgan fingerprint density at radius 1 is 1.19 bits per heavy atom. The van der Waals surface area contributed by atoms with Crippen molar-refractivity contribution in [1.29, 1.82) is 0 Å². The molecule has 6 N–H and O–H groups in total. The van der Waals surface area contributed by atoms with Crippen molar-refractivity contribution in [3.05, 3.63) is 46.5 Å². The summed E-state index contributed by atoms with van der Waals surface area (Å²) < 4.78 is 35.6. The molecule has 162 valence electrons. The second-order valence-electron chi connectivity index (χ2n) is 7.07. The van der Waals surface area contributed by atoms with Gasteiger partial charge in [-0.25, -0.2) is 4.98 Å². The Morgan fingerprint density at radius 2 is 1.94 bits per heavy atom. The summed E-state index contributed by atoms with van der Waals surface area (Å²) in [6.07, 6.45) is -2.12. The second kappa shape index (κ2) is 7.64. The van der Waals surface area contributed by atoms with Gasteiger partial charge in [-0.3, -0.25) is 14.3 Å². The lowest BCUT2D eigenvalue weighted by molar-refractivity contribution is -0.152. The van der Waals surface area contributed by atoms with E-state index >= 15 is 0 Å². The topological polar surface area (TPSA) is 190 Å². The molecule has 6 atom stereocenters. The van der Waals surface area contributed by atoms with E-state index in [1.54, 1.807) is 24.3 Å². The molecule has 4 unspecified atom stereocenters. The van der Waals surface area contributed by atoms with Gasteiger partial charge in [-0.15, -0.1) is 9.42 Å². The van der Waals surface area contributed by atoms with Crippen molar-refractivity contribution in [2.24, 2.45) is 0 Å². The standard InChI is InChI=1S/C17H17N6O7P/c18-8-3-1-7(2-4-8)16-29-11-9(5-27-31(25)26)28-15(12(11)30-16)23-6-20-10-13(23)21-17(19)22-14(10)24/h1-4,6,9,11-12,15-16H,5,18H2,(H3-,19,21,22,24,25,26)/p+1/t9-,11?,12?,15-,16?/m1/s1. The van der Waals surface area contributed by atoms with Gasteiger partial charge < -0.3 is 25.7 Å². The van der Waals surface area contributed by atoms with E-state index in [0.717, 1.165) is 5.56 Å². The molecule has 13 nitrogen and oxygen atoms in total. The number of benzene rings is 1. The Kier molecular flexibility index (Phi) is 4.93. The van der Waals surface area contributed by atoms with Crippen molar-refractivity contribution in [1.82, 2.24) is 19.5 Å². The first kappa shape index (κ1) is 20.0. The Balaban J connectivity index is 1.50. The SMILES string of the molecule is Nc1ccc(C2OC3C(O2)[C@@H](CO[P+](=O)O)O[C@H]3n2cnc3c(=O)[nH]c(N)nc32)cc1. The number of nitrogen functional groups attached to an aromatic ring is 2. The average molecular weight is 449 g/mol. The fraction of sp³-hybridized carbons (Fsp3) is 0.353. The van der Waals surface area contributed by atoms with Crippen molar-refractivity contribution < 1.29 is 28.2 Å². The van der Waals surface area contributed by atoms with Gasteiger partial charge in [-0.2, -0.15) is 4.98 Å². The minimum atomic E-state index is -2.82. The van der Waals surface area contributed by atoms with E-state index in [2.05, 4.69) is 15.0 Å². The fourth-order valence-corrected chi connectivity index (χ4v) is 4.04. The van der Waals surface area contributed by atoms with E-state index in [9.17, 15) is 9.36 Å². The number of nitrogens with one attached hydrogen (secondary N) is 1.